The fraction of sp³-hybridized carbons (Fsp3) is 0.368. The van der Waals surface area contributed by atoms with E-state index in [0.717, 1.165) is 0 Å². The summed E-state index contributed by atoms with van der Waals surface area (Å²) in [6.45, 7) is 2.39. The lowest BCUT2D eigenvalue weighted by molar-refractivity contribution is -0.132. The number of aromatic nitrogens is 3. The quantitative estimate of drug-likeness (QED) is 0.564. The fourth-order valence-electron chi connectivity index (χ4n) is 3.57. The molecule has 1 saturated heterocycles. The molecular formula is C19H21N5O5S2. The van der Waals surface area contributed by atoms with Crippen molar-refractivity contribution in [1.29, 1.82) is 0 Å². The molecule has 10 nitrogen and oxygen atoms in total. The second-order valence-corrected chi connectivity index (χ2v) is 10.4. The van der Waals surface area contributed by atoms with Gasteiger partial charge in [0.2, 0.25) is 5.91 Å². The number of carbonyl (C=O) groups excluding carboxylic acids is 1. The van der Waals surface area contributed by atoms with Gasteiger partial charge in [0.25, 0.3) is 15.6 Å². The van der Waals surface area contributed by atoms with Crippen molar-refractivity contribution in [3.05, 3.63) is 55.8 Å². The minimum Gasteiger partial charge on any atom is -0.340 e. The predicted octanol–water partition coefficient (Wildman–Crippen LogP) is 0.447. The maximum Gasteiger partial charge on any atom is 0.305 e. The molecule has 2 N–H and O–H groups in total. The number of hydrogen-bond acceptors (Lipinski definition) is 7. The molecule has 3 aromatic rings. The molecule has 12 heteroatoms. The summed E-state index contributed by atoms with van der Waals surface area (Å²) >= 11 is 0.672. The number of nitrogens with one attached hydrogen (secondary N) is 2. The number of hydrogen-bond donors (Lipinski definition) is 2. The summed E-state index contributed by atoms with van der Waals surface area (Å²) in [6.07, 6.45) is 0.445. The summed E-state index contributed by atoms with van der Waals surface area (Å²) in [7, 11) is -3.77. The predicted molar refractivity (Wildman–Crippen MR) is 116 cm³/mol. The summed E-state index contributed by atoms with van der Waals surface area (Å²) in [5, 5.41) is 0.498. The lowest BCUT2D eigenvalue weighted by Gasteiger charge is -2.33. The zero-order valence-electron chi connectivity index (χ0n) is 16.8. The monoisotopic (exact) mass is 463 g/mol. The van der Waals surface area contributed by atoms with Crippen molar-refractivity contribution in [2.24, 2.45) is 0 Å². The number of nitrogens with zero attached hydrogens (tertiary/aromatic N) is 3. The Balaban J connectivity index is 1.37. The Hall–Kier alpha value is -2.83. The number of aromatic amines is 2. The minimum absolute atomic E-state index is 0.0172. The zero-order valence-corrected chi connectivity index (χ0v) is 18.4. The van der Waals surface area contributed by atoms with Crippen LogP contribution in [-0.4, -0.2) is 64.7 Å². The molecule has 0 aliphatic carbocycles. The molecule has 0 atom stereocenters. The summed E-state index contributed by atoms with van der Waals surface area (Å²) < 4.78 is 26.9. The number of fused-ring (bicyclic) bond motifs is 1. The van der Waals surface area contributed by atoms with Crippen LogP contribution in [0.15, 0.2) is 38.1 Å². The first-order chi connectivity index (χ1) is 14.8. The number of sulfonamides is 1. The van der Waals surface area contributed by atoms with E-state index in [0.29, 0.717) is 33.8 Å². The number of para-hydroxylation sites is 1. The second kappa shape index (κ2) is 8.36. The molecule has 31 heavy (non-hydrogen) atoms. The van der Waals surface area contributed by atoms with E-state index >= 15 is 0 Å². The van der Waals surface area contributed by atoms with Gasteiger partial charge in [0.1, 0.15) is 5.82 Å². The highest BCUT2D eigenvalue weighted by Crippen LogP contribution is 2.22. The molecular weight excluding hydrogens is 442 g/mol. The third-order valence-electron chi connectivity index (χ3n) is 5.18. The second-order valence-electron chi connectivity index (χ2n) is 7.24. The van der Waals surface area contributed by atoms with Crippen LogP contribution < -0.4 is 10.4 Å². The van der Waals surface area contributed by atoms with Crippen LogP contribution in [0.25, 0.3) is 10.9 Å². The van der Waals surface area contributed by atoms with Gasteiger partial charge in [0.05, 0.1) is 10.9 Å². The van der Waals surface area contributed by atoms with Crippen LogP contribution in [0, 0.1) is 6.92 Å². The largest absolute Gasteiger partial charge is 0.340 e. The number of thiazole rings is 1. The van der Waals surface area contributed by atoms with E-state index in [2.05, 4.69) is 15.0 Å². The van der Waals surface area contributed by atoms with Crippen molar-refractivity contribution in [1.82, 2.24) is 24.2 Å². The van der Waals surface area contributed by atoms with Crippen LogP contribution in [0.2, 0.25) is 0 Å². The molecule has 0 saturated carbocycles. The van der Waals surface area contributed by atoms with Gasteiger partial charge in [-0.05, 0) is 19.1 Å². The average Bonchev–Trinajstić information content (AvgIpc) is 3.11. The zero-order chi connectivity index (χ0) is 22.2. The topological polar surface area (TPSA) is 136 Å². The van der Waals surface area contributed by atoms with Crippen molar-refractivity contribution in [3.63, 3.8) is 0 Å². The summed E-state index contributed by atoms with van der Waals surface area (Å²) in [5.74, 6) is 0.312. The average molecular weight is 464 g/mol. The van der Waals surface area contributed by atoms with E-state index in [-0.39, 0.29) is 54.7 Å². The molecule has 1 aliphatic rings. The Morgan fingerprint density at radius 2 is 1.84 bits per heavy atom. The third-order valence-corrected chi connectivity index (χ3v) is 8.66. The molecule has 1 amide bonds. The summed E-state index contributed by atoms with van der Waals surface area (Å²) in [4.78, 5) is 47.0. The van der Waals surface area contributed by atoms with Gasteiger partial charge < -0.3 is 14.9 Å². The van der Waals surface area contributed by atoms with Crippen LogP contribution in [0.4, 0.5) is 0 Å². The van der Waals surface area contributed by atoms with Gasteiger partial charge in [-0.15, -0.1) is 0 Å². The molecule has 1 aliphatic heterocycles. The normalized spacial score (nSPS) is 15.5. The Morgan fingerprint density at radius 3 is 2.52 bits per heavy atom. The Labute approximate surface area is 181 Å². The fourth-order valence-corrected chi connectivity index (χ4v) is 6.43. The maximum absolute atomic E-state index is 12.8. The van der Waals surface area contributed by atoms with Crippen molar-refractivity contribution in [3.8, 4) is 0 Å². The molecule has 2 aromatic heterocycles. The van der Waals surface area contributed by atoms with Gasteiger partial charge >= 0.3 is 4.87 Å². The van der Waals surface area contributed by atoms with Gasteiger partial charge in [-0.25, -0.2) is 13.4 Å². The molecule has 0 spiro atoms. The third kappa shape index (κ3) is 4.31. The number of piperazine rings is 1. The standard InChI is InChI=1S/C19H21N5O5S2/c1-12-18(30-19(27)20-12)31(28,29)24-10-8-23(9-11-24)16(25)7-6-15-21-14-5-3-2-4-13(14)17(26)22-15/h2-5H,6-11H2,1H3,(H,20,27)(H,21,22,26). The van der Waals surface area contributed by atoms with Crippen LogP contribution in [0.1, 0.15) is 17.9 Å². The highest BCUT2D eigenvalue weighted by atomic mass is 32.2. The number of rotatable bonds is 5. The van der Waals surface area contributed by atoms with Gasteiger partial charge in [-0.2, -0.15) is 4.31 Å². The Morgan fingerprint density at radius 1 is 1.13 bits per heavy atom. The number of amides is 1. The van der Waals surface area contributed by atoms with Crippen molar-refractivity contribution < 1.29 is 13.2 Å². The summed E-state index contributed by atoms with van der Waals surface area (Å²) in [6, 6.07) is 7.00. The molecule has 0 unspecified atom stereocenters. The number of H-pyrrole nitrogens is 2. The first-order valence-corrected chi connectivity index (χ1v) is 12.0. The first-order valence-electron chi connectivity index (χ1n) is 9.71. The molecule has 1 fully saturated rings. The van der Waals surface area contributed by atoms with E-state index in [1.165, 1.54) is 4.31 Å². The molecule has 0 radical (unpaired) electrons. The molecule has 4 rings (SSSR count). The number of carbonyl (C=O) groups is 1. The van der Waals surface area contributed by atoms with Gasteiger partial charge in [0, 0.05) is 44.7 Å². The van der Waals surface area contributed by atoms with Crippen LogP contribution in [0.5, 0.6) is 0 Å². The Bertz CT molecular complexity index is 1350. The lowest BCUT2D eigenvalue weighted by Crippen LogP contribution is -2.50. The van der Waals surface area contributed by atoms with Crippen molar-refractivity contribution in [2.75, 3.05) is 26.2 Å². The van der Waals surface area contributed by atoms with Crippen LogP contribution in [-0.2, 0) is 21.2 Å². The van der Waals surface area contributed by atoms with E-state index in [1.54, 1.807) is 36.1 Å². The van der Waals surface area contributed by atoms with Gasteiger partial charge in [-0.3, -0.25) is 14.4 Å². The van der Waals surface area contributed by atoms with E-state index in [9.17, 15) is 22.8 Å². The number of aryl methyl sites for hydroxylation is 2. The van der Waals surface area contributed by atoms with E-state index < -0.39 is 14.9 Å². The molecule has 1 aromatic carbocycles. The van der Waals surface area contributed by atoms with Crippen LogP contribution >= 0.6 is 11.3 Å². The van der Waals surface area contributed by atoms with Crippen LogP contribution in [0.3, 0.4) is 0 Å². The van der Waals surface area contributed by atoms with Crippen molar-refractivity contribution >= 4 is 38.2 Å². The summed E-state index contributed by atoms with van der Waals surface area (Å²) in [5.41, 5.74) is 0.662. The van der Waals surface area contributed by atoms with E-state index in [4.69, 9.17) is 0 Å². The van der Waals surface area contributed by atoms with Gasteiger partial charge in [0.15, 0.2) is 4.21 Å². The highest BCUT2D eigenvalue weighted by Gasteiger charge is 2.32. The minimum atomic E-state index is -3.77. The highest BCUT2D eigenvalue weighted by molar-refractivity contribution is 7.91. The smallest absolute Gasteiger partial charge is 0.305 e. The SMILES string of the molecule is Cc1[nH]c(=O)sc1S(=O)(=O)N1CCN(C(=O)CCc2nc3ccccc3c(=O)[nH]2)CC1. The van der Waals surface area contributed by atoms with Crippen molar-refractivity contribution in [2.45, 2.75) is 24.0 Å². The first kappa shape index (κ1) is 21.4. The number of benzene rings is 1. The molecule has 0 bridgehead atoms. The maximum atomic E-state index is 12.8. The molecule has 3 heterocycles. The molecule has 164 valence electrons. The van der Waals surface area contributed by atoms with Gasteiger partial charge in [-0.1, -0.05) is 23.5 Å². The van der Waals surface area contributed by atoms with E-state index in [1.807, 2.05) is 0 Å². The lowest BCUT2D eigenvalue weighted by atomic mass is 10.2. The Kier molecular flexibility index (Phi) is 5.77.